The highest BCUT2D eigenvalue weighted by Crippen LogP contribution is 2.35. The maximum absolute atomic E-state index is 13.1. The largest absolute Gasteiger partial charge is 0.391 e. The third-order valence-electron chi connectivity index (χ3n) is 8.01. The van der Waals surface area contributed by atoms with Crippen molar-refractivity contribution >= 4 is 34.1 Å². The van der Waals surface area contributed by atoms with Gasteiger partial charge in [-0.2, -0.15) is 0 Å². The van der Waals surface area contributed by atoms with Gasteiger partial charge in [-0.15, -0.1) is 11.3 Å². The summed E-state index contributed by atoms with van der Waals surface area (Å²) in [5, 5.41) is 13.1. The van der Waals surface area contributed by atoms with Crippen molar-refractivity contribution in [3.63, 3.8) is 0 Å². The highest BCUT2D eigenvalue weighted by atomic mass is 32.1. The number of hydrogen-bond acceptors (Lipinski definition) is 8. The zero-order valence-electron chi connectivity index (χ0n) is 21.2. The molecule has 0 saturated carbocycles. The van der Waals surface area contributed by atoms with Crippen molar-refractivity contribution in [1.82, 2.24) is 19.4 Å². The standard InChI is InChI=1S/C27H33N5O4S/c1-18-10-21(29-25-23(18)24(34)20(15-33)13-31(25)14-22-28-7-9-37-22)30-11-19(12-30)26(35)32-16-27(17-32)6-4-2-3-5-8-36-27/h7,9-10,13,19,33H,2-6,8,11-12,14-17H2,1H3. The van der Waals surface area contributed by atoms with Crippen LogP contribution in [0.5, 0.6) is 0 Å². The summed E-state index contributed by atoms with van der Waals surface area (Å²) in [7, 11) is 0. The second kappa shape index (κ2) is 9.81. The van der Waals surface area contributed by atoms with Gasteiger partial charge in [-0.3, -0.25) is 9.59 Å². The molecular formula is C27H33N5O4S. The number of carbonyl (C=O) groups excluding carboxylic acids is 1. The molecule has 6 heterocycles. The fraction of sp³-hybridized carbons (Fsp3) is 0.556. The lowest BCUT2D eigenvalue weighted by Crippen LogP contribution is -2.68. The van der Waals surface area contributed by atoms with E-state index in [9.17, 15) is 14.7 Å². The Morgan fingerprint density at radius 1 is 1.24 bits per heavy atom. The molecule has 0 aliphatic carbocycles. The molecule has 3 aromatic heterocycles. The lowest BCUT2D eigenvalue weighted by Gasteiger charge is -2.53. The molecule has 1 N–H and O–H groups in total. The third-order valence-corrected chi connectivity index (χ3v) is 8.77. The van der Waals surface area contributed by atoms with Crippen molar-refractivity contribution in [3.05, 3.63) is 50.2 Å². The second-order valence-electron chi connectivity index (χ2n) is 10.7. The molecule has 6 rings (SSSR count). The minimum absolute atomic E-state index is 0.0435. The van der Waals surface area contributed by atoms with E-state index in [4.69, 9.17) is 9.72 Å². The quantitative estimate of drug-likeness (QED) is 0.549. The van der Waals surface area contributed by atoms with Crippen molar-refractivity contribution < 1.29 is 14.6 Å². The van der Waals surface area contributed by atoms with E-state index in [1.54, 1.807) is 12.4 Å². The average molecular weight is 524 g/mol. The number of anilines is 1. The van der Waals surface area contributed by atoms with Crippen molar-refractivity contribution in [2.24, 2.45) is 5.92 Å². The number of aromatic nitrogens is 3. The predicted octanol–water partition coefficient (Wildman–Crippen LogP) is 2.70. The molecule has 196 valence electrons. The van der Waals surface area contributed by atoms with Crippen LogP contribution >= 0.6 is 11.3 Å². The first-order chi connectivity index (χ1) is 18.0. The number of pyridine rings is 2. The molecule has 10 heteroatoms. The topological polar surface area (TPSA) is 101 Å². The summed E-state index contributed by atoms with van der Waals surface area (Å²) in [5.74, 6) is 0.929. The number of aryl methyl sites for hydroxylation is 1. The summed E-state index contributed by atoms with van der Waals surface area (Å²) in [4.78, 5) is 39.5. The zero-order valence-corrected chi connectivity index (χ0v) is 22.0. The van der Waals surface area contributed by atoms with E-state index in [0.29, 0.717) is 49.3 Å². The van der Waals surface area contributed by atoms with Crippen LogP contribution in [0.25, 0.3) is 11.0 Å². The number of hydrogen-bond donors (Lipinski definition) is 1. The number of rotatable bonds is 5. The SMILES string of the molecule is Cc1cc(N2CC(C(=O)N3CC4(CCCCCCO4)C3)C2)nc2c1c(=O)c(CO)cn2Cc1nccs1. The fourth-order valence-electron chi connectivity index (χ4n) is 5.87. The van der Waals surface area contributed by atoms with Crippen LogP contribution in [-0.4, -0.2) is 68.8 Å². The van der Waals surface area contributed by atoms with Gasteiger partial charge in [-0.1, -0.05) is 19.3 Å². The Bertz CT molecular complexity index is 1350. The number of ether oxygens (including phenoxy) is 1. The molecule has 3 aromatic rings. The van der Waals surface area contributed by atoms with Gasteiger partial charge >= 0.3 is 0 Å². The van der Waals surface area contributed by atoms with Crippen LogP contribution in [0.3, 0.4) is 0 Å². The van der Waals surface area contributed by atoms with Crippen LogP contribution in [0.4, 0.5) is 5.82 Å². The maximum atomic E-state index is 13.1. The van der Waals surface area contributed by atoms with Gasteiger partial charge in [-0.25, -0.2) is 9.97 Å². The van der Waals surface area contributed by atoms with E-state index in [1.807, 2.05) is 27.8 Å². The Morgan fingerprint density at radius 2 is 2.05 bits per heavy atom. The minimum atomic E-state index is -0.327. The second-order valence-corrected chi connectivity index (χ2v) is 11.7. The molecule has 9 nitrogen and oxygen atoms in total. The van der Waals surface area contributed by atoms with Crippen LogP contribution < -0.4 is 10.3 Å². The van der Waals surface area contributed by atoms with Crippen LogP contribution in [0.2, 0.25) is 0 Å². The Hall–Kier alpha value is -2.82. The summed E-state index contributed by atoms with van der Waals surface area (Å²) < 4.78 is 8.07. The summed E-state index contributed by atoms with van der Waals surface area (Å²) in [6.07, 6.45) is 9.28. The first-order valence-electron chi connectivity index (χ1n) is 13.2. The Balaban J connectivity index is 1.18. The molecule has 0 atom stereocenters. The number of thiazole rings is 1. The van der Waals surface area contributed by atoms with E-state index >= 15 is 0 Å². The van der Waals surface area contributed by atoms with Crippen LogP contribution in [0.1, 0.15) is 48.2 Å². The van der Waals surface area contributed by atoms with E-state index in [0.717, 1.165) is 35.8 Å². The van der Waals surface area contributed by atoms with Gasteiger partial charge in [0.25, 0.3) is 0 Å². The Kier molecular flexibility index (Phi) is 6.50. The maximum Gasteiger partial charge on any atom is 0.229 e. The van der Waals surface area contributed by atoms with Crippen molar-refractivity contribution in [2.75, 3.05) is 37.7 Å². The number of nitrogens with zero attached hydrogens (tertiary/aromatic N) is 5. The van der Waals surface area contributed by atoms with E-state index < -0.39 is 0 Å². The molecular weight excluding hydrogens is 490 g/mol. The van der Waals surface area contributed by atoms with Crippen molar-refractivity contribution in [2.45, 2.75) is 57.8 Å². The van der Waals surface area contributed by atoms with E-state index in [-0.39, 0.29) is 29.5 Å². The van der Waals surface area contributed by atoms with Gasteiger partial charge in [0.1, 0.15) is 22.1 Å². The number of likely N-dealkylation sites (tertiary alicyclic amines) is 1. The summed E-state index contributed by atoms with van der Waals surface area (Å²) in [6, 6.07) is 1.92. The molecule has 37 heavy (non-hydrogen) atoms. The monoisotopic (exact) mass is 523 g/mol. The van der Waals surface area contributed by atoms with Crippen LogP contribution in [0.15, 0.2) is 28.6 Å². The number of amides is 1. The number of carbonyl (C=O) groups is 1. The van der Waals surface area contributed by atoms with Gasteiger partial charge in [0.05, 0.1) is 37.5 Å². The molecule has 0 radical (unpaired) electrons. The van der Waals surface area contributed by atoms with Gasteiger partial charge in [0, 0.05) is 43.0 Å². The molecule has 0 unspecified atom stereocenters. The molecule has 3 fully saturated rings. The Labute approximate surface area is 219 Å². The lowest BCUT2D eigenvalue weighted by atomic mass is 9.85. The van der Waals surface area contributed by atoms with Gasteiger partial charge < -0.3 is 24.2 Å². The molecule has 1 amide bonds. The van der Waals surface area contributed by atoms with Gasteiger partial charge in [-0.05, 0) is 31.4 Å². The Morgan fingerprint density at radius 3 is 2.81 bits per heavy atom. The van der Waals surface area contributed by atoms with E-state index in [1.165, 1.54) is 30.6 Å². The molecule has 3 aliphatic heterocycles. The first kappa shape index (κ1) is 24.5. The van der Waals surface area contributed by atoms with Gasteiger partial charge in [0.15, 0.2) is 5.43 Å². The summed E-state index contributed by atoms with van der Waals surface area (Å²) >= 11 is 1.54. The number of aliphatic hydroxyl groups excluding tert-OH is 1. The van der Waals surface area contributed by atoms with Crippen molar-refractivity contribution in [3.8, 4) is 0 Å². The molecule has 3 saturated heterocycles. The smallest absolute Gasteiger partial charge is 0.229 e. The number of aliphatic hydroxyl groups is 1. The van der Waals surface area contributed by atoms with Crippen LogP contribution in [-0.2, 0) is 22.7 Å². The predicted molar refractivity (Wildman–Crippen MR) is 142 cm³/mol. The first-order valence-corrected chi connectivity index (χ1v) is 14.0. The van der Waals surface area contributed by atoms with Gasteiger partial charge in [0.2, 0.25) is 5.91 Å². The number of fused-ring (bicyclic) bond motifs is 1. The fourth-order valence-corrected chi connectivity index (χ4v) is 6.48. The highest BCUT2D eigenvalue weighted by Gasteiger charge is 2.49. The summed E-state index contributed by atoms with van der Waals surface area (Å²) in [6.45, 7) is 5.51. The van der Waals surface area contributed by atoms with Crippen LogP contribution in [0, 0.1) is 12.8 Å². The zero-order chi connectivity index (χ0) is 25.6. The average Bonchev–Trinajstić information content (AvgIpc) is 3.31. The molecule has 3 aliphatic rings. The minimum Gasteiger partial charge on any atom is -0.391 e. The van der Waals surface area contributed by atoms with E-state index in [2.05, 4.69) is 9.88 Å². The highest BCUT2D eigenvalue weighted by molar-refractivity contribution is 7.09. The molecule has 1 spiro atoms. The molecule has 0 bridgehead atoms. The molecule has 0 aromatic carbocycles. The third kappa shape index (κ3) is 4.55. The summed E-state index contributed by atoms with van der Waals surface area (Å²) in [5.41, 5.74) is 1.42. The van der Waals surface area contributed by atoms with Crippen molar-refractivity contribution in [1.29, 1.82) is 0 Å². The normalized spacial score (nSPS) is 19.9. The lowest BCUT2D eigenvalue weighted by molar-refractivity contribution is -0.177.